The first-order chi connectivity index (χ1) is 24.8. The zero-order valence-corrected chi connectivity index (χ0v) is 28.5. The number of hydrogen-bond acceptors (Lipinski definition) is 3. The Kier molecular flexibility index (Phi) is 6.03. The van der Waals surface area contributed by atoms with Crippen molar-refractivity contribution in [3.05, 3.63) is 170 Å². The van der Waals surface area contributed by atoms with Gasteiger partial charge in [0.05, 0.1) is 11.0 Å². The Bertz CT molecular complexity index is 3000. The maximum Gasteiger partial charge on any atom is 0.0620 e. The van der Waals surface area contributed by atoms with Gasteiger partial charge in [-0.3, -0.25) is 0 Å². The van der Waals surface area contributed by atoms with Gasteiger partial charge >= 0.3 is 0 Å². The summed E-state index contributed by atoms with van der Waals surface area (Å²) >= 11 is 3.74. The number of hydrogen-bond donors (Lipinski definition) is 0. The van der Waals surface area contributed by atoms with Gasteiger partial charge in [-0.05, 0) is 72.1 Å². The maximum absolute atomic E-state index is 2.45. The molecular formula is C46H28N2S2. The first kappa shape index (κ1) is 28.0. The molecule has 0 aliphatic heterocycles. The predicted octanol–water partition coefficient (Wildman–Crippen LogP) is 14.1. The SMILES string of the molecule is c1ccc(-n2c3ccccc3c3ccc4ccc(N(c5ccc6c(c5)sc5ccccc56)c5ccc6c(c5)sc5ccccc56)cc4c32)cc1. The lowest BCUT2D eigenvalue weighted by Gasteiger charge is -2.26. The minimum atomic E-state index is 1.13. The molecule has 50 heavy (non-hydrogen) atoms. The predicted molar refractivity (Wildman–Crippen MR) is 219 cm³/mol. The van der Waals surface area contributed by atoms with E-state index in [1.165, 1.54) is 78.6 Å². The van der Waals surface area contributed by atoms with E-state index in [2.05, 4.69) is 179 Å². The van der Waals surface area contributed by atoms with Crippen molar-refractivity contribution in [2.45, 2.75) is 0 Å². The fraction of sp³-hybridized carbons (Fsp3) is 0. The van der Waals surface area contributed by atoms with E-state index in [0.29, 0.717) is 0 Å². The van der Waals surface area contributed by atoms with Gasteiger partial charge in [-0.1, -0.05) is 103 Å². The summed E-state index contributed by atoms with van der Waals surface area (Å²) in [5.74, 6) is 0. The van der Waals surface area contributed by atoms with E-state index in [9.17, 15) is 0 Å². The van der Waals surface area contributed by atoms with Crippen molar-refractivity contribution in [3.8, 4) is 5.69 Å². The second kappa shape index (κ2) is 10.8. The molecule has 0 unspecified atom stereocenters. The molecule has 0 atom stereocenters. The third-order valence-corrected chi connectivity index (χ3v) is 12.4. The highest BCUT2D eigenvalue weighted by Crippen LogP contribution is 2.45. The van der Waals surface area contributed by atoms with Crippen LogP contribution in [0, 0.1) is 0 Å². The molecule has 0 bridgehead atoms. The van der Waals surface area contributed by atoms with Crippen molar-refractivity contribution in [2.24, 2.45) is 0 Å². The van der Waals surface area contributed by atoms with Gasteiger partial charge in [0, 0.05) is 79.3 Å². The number of nitrogens with zero attached hydrogens (tertiary/aromatic N) is 2. The highest BCUT2D eigenvalue weighted by Gasteiger charge is 2.20. The lowest BCUT2D eigenvalue weighted by atomic mass is 10.0. The van der Waals surface area contributed by atoms with Gasteiger partial charge in [-0.15, -0.1) is 22.7 Å². The third-order valence-electron chi connectivity index (χ3n) is 10.1. The van der Waals surface area contributed by atoms with Gasteiger partial charge in [-0.2, -0.15) is 0 Å². The van der Waals surface area contributed by atoms with Crippen LogP contribution in [0.25, 0.3) is 78.6 Å². The maximum atomic E-state index is 2.45. The monoisotopic (exact) mass is 672 g/mol. The summed E-state index contributed by atoms with van der Waals surface area (Å²) in [5, 5.41) is 10.2. The normalized spacial score (nSPS) is 12.0. The summed E-state index contributed by atoms with van der Waals surface area (Å²) in [5.41, 5.74) is 7.06. The van der Waals surface area contributed by atoms with Crippen molar-refractivity contribution in [1.29, 1.82) is 0 Å². The van der Waals surface area contributed by atoms with Crippen LogP contribution in [-0.2, 0) is 0 Å². The number of thiophene rings is 2. The van der Waals surface area contributed by atoms with Crippen LogP contribution >= 0.6 is 22.7 Å². The second-order valence-electron chi connectivity index (χ2n) is 12.9. The van der Waals surface area contributed by atoms with E-state index in [1.54, 1.807) is 0 Å². The number of aromatic nitrogens is 1. The largest absolute Gasteiger partial charge is 0.310 e. The molecule has 0 N–H and O–H groups in total. The third kappa shape index (κ3) is 4.13. The molecular weight excluding hydrogens is 645 g/mol. The van der Waals surface area contributed by atoms with E-state index >= 15 is 0 Å². The van der Waals surface area contributed by atoms with Gasteiger partial charge in [0.2, 0.25) is 0 Å². The fourth-order valence-corrected chi connectivity index (χ4v) is 10.2. The van der Waals surface area contributed by atoms with E-state index in [1.807, 2.05) is 22.7 Å². The molecule has 3 aromatic heterocycles. The summed E-state index contributed by atoms with van der Waals surface area (Å²) in [6.45, 7) is 0. The summed E-state index contributed by atoms with van der Waals surface area (Å²) in [4.78, 5) is 2.45. The Morgan fingerprint density at radius 2 is 0.860 bits per heavy atom. The van der Waals surface area contributed by atoms with Crippen molar-refractivity contribution in [3.63, 3.8) is 0 Å². The molecule has 0 aliphatic carbocycles. The molecule has 0 radical (unpaired) electrons. The zero-order chi connectivity index (χ0) is 32.8. The molecule has 0 spiro atoms. The smallest absolute Gasteiger partial charge is 0.0620 e. The molecule has 0 saturated heterocycles. The van der Waals surface area contributed by atoms with Gasteiger partial charge in [0.1, 0.15) is 0 Å². The fourth-order valence-electron chi connectivity index (χ4n) is 7.91. The lowest BCUT2D eigenvalue weighted by Crippen LogP contribution is -2.09. The van der Waals surface area contributed by atoms with Crippen LogP contribution in [0.1, 0.15) is 0 Å². The lowest BCUT2D eigenvalue weighted by molar-refractivity contribution is 1.19. The van der Waals surface area contributed by atoms with Crippen molar-refractivity contribution in [2.75, 3.05) is 4.90 Å². The zero-order valence-electron chi connectivity index (χ0n) is 26.9. The van der Waals surface area contributed by atoms with Crippen LogP contribution in [0.4, 0.5) is 17.1 Å². The average molecular weight is 673 g/mol. The van der Waals surface area contributed by atoms with E-state index in [0.717, 1.165) is 17.1 Å². The molecule has 8 aromatic carbocycles. The van der Waals surface area contributed by atoms with E-state index in [-0.39, 0.29) is 0 Å². The summed E-state index contributed by atoms with van der Waals surface area (Å²) in [7, 11) is 0. The van der Waals surface area contributed by atoms with Gasteiger partial charge in [0.25, 0.3) is 0 Å². The van der Waals surface area contributed by atoms with E-state index in [4.69, 9.17) is 0 Å². The number of benzene rings is 8. The average Bonchev–Trinajstić information content (AvgIpc) is 3.84. The number of fused-ring (bicyclic) bond motifs is 11. The van der Waals surface area contributed by atoms with Crippen molar-refractivity contribution < 1.29 is 0 Å². The second-order valence-corrected chi connectivity index (χ2v) is 15.1. The van der Waals surface area contributed by atoms with Crippen LogP contribution in [-0.4, -0.2) is 4.57 Å². The van der Waals surface area contributed by atoms with Crippen LogP contribution in [0.2, 0.25) is 0 Å². The Morgan fingerprint density at radius 1 is 0.360 bits per heavy atom. The van der Waals surface area contributed by atoms with Crippen LogP contribution in [0.15, 0.2) is 170 Å². The first-order valence-corrected chi connectivity index (χ1v) is 18.6. The molecule has 0 saturated carbocycles. The topological polar surface area (TPSA) is 8.17 Å². The Morgan fingerprint density at radius 3 is 1.54 bits per heavy atom. The molecule has 2 nitrogen and oxygen atoms in total. The Balaban J connectivity index is 1.20. The Hall–Kier alpha value is -5.94. The van der Waals surface area contributed by atoms with Crippen LogP contribution in [0.3, 0.4) is 0 Å². The minimum Gasteiger partial charge on any atom is -0.310 e. The quantitative estimate of drug-likeness (QED) is 0.181. The standard InChI is InChI=1S/C46H28N2S2/c1-2-10-30(11-3-1)48-41-15-7-4-12-34(41)39-23-19-29-18-20-31(26-40(29)46(39)48)47(32-21-24-37-35-13-5-8-16-42(35)49-44(37)27-32)33-22-25-38-36-14-6-9-17-43(36)50-45(38)28-33/h1-28H. The Labute approximate surface area is 296 Å². The molecule has 11 rings (SSSR count). The van der Waals surface area contributed by atoms with Gasteiger partial charge in [0.15, 0.2) is 0 Å². The van der Waals surface area contributed by atoms with Gasteiger partial charge in [-0.25, -0.2) is 0 Å². The summed E-state index contributed by atoms with van der Waals surface area (Å²) < 4.78 is 7.67. The van der Waals surface area contributed by atoms with Crippen molar-refractivity contribution >= 4 is 113 Å². The number of para-hydroxylation sites is 2. The molecule has 11 aromatic rings. The van der Waals surface area contributed by atoms with E-state index < -0.39 is 0 Å². The molecule has 234 valence electrons. The molecule has 0 amide bonds. The van der Waals surface area contributed by atoms with Gasteiger partial charge < -0.3 is 9.47 Å². The number of anilines is 3. The molecule has 3 heterocycles. The summed E-state index contributed by atoms with van der Waals surface area (Å²) in [6.07, 6.45) is 0. The van der Waals surface area contributed by atoms with Crippen LogP contribution in [0.5, 0.6) is 0 Å². The summed E-state index contributed by atoms with van der Waals surface area (Å²) in [6, 6.07) is 62.5. The highest BCUT2D eigenvalue weighted by molar-refractivity contribution is 7.26. The first-order valence-electron chi connectivity index (χ1n) is 16.9. The molecule has 4 heteroatoms. The van der Waals surface area contributed by atoms with Crippen LogP contribution < -0.4 is 4.90 Å². The minimum absolute atomic E-state index is 1.13. The number of rotatable bonds is 4. The van der Waals surface area contributed by atoms with Crippen molar-refractivity contribution in [1.82, 2.24) is 4.57 Å². The molecule has 0 aliphatic rings. The highest BCUT2D eigenvalue weighted by atomic mass is 32.1. The molecule has 0 fully saturated rings.